The summed E-state index contributed by atoms with van der Waals surface area (Å²) >= 11 is 0. The van der Waals surface area contributed by atoms with Crippen LogP contribution >= 0.6 is 0 Å². The van der Waals surface area contributed by atoms with Gasteiger partial charge in [-0.15, -0.1) is 0 Å². The van der Waals surface area contributed by atoms with Gasteiger partial charge in [-0.1, -0.05) is 0 Å². The SMILES string of the molecule is CC(C)(C)NCCCOCCOCCOCCCNC=O. The number of amides is 1. The topological polar surface area (TPSA) is 68.8 Å². The highest BCUT2D eigenvalue weighted by atomic mass is 16.5. The Balaban J connectivity index is 3.01. The van der Waals surface area contributed by atoms with E-state index in [1.165, 1.54) is 0 Å². The molecule has 2 N–H and O–H groups in total. The molecule has 21 heavy (non-hydrogen) atoms. The summed E-state index contributed by atoms with van der Waals surface area (Å²) < 4.78 is 16.2. The zero-order chi connectivity index (χ0) is 15.8. The summed E-state index contributed by atoms with van der Waals surface area (Å²) in [4.78, 5) is 9.98. The standard InChI is InChI=1S/C15H32N2O4/c1-15(2,3)17-7-5-9-20-11-13-21-12-10-19-8-4-6-16-14-18/h14,17H,4-13H2,1-3H3,(H,16,18). The van der Waals surface area contributed by atoms with Crippen LogP contribution in [0, 0.1) is 0 Å². The van der Waals surface area contributed by atoms with Gasteiger partial charge in [-0.05, 0) is 40.2 Å². The number of nitrogens with one attached hydrogen (secondary N) is 2. The number of rotatable bonds is 15. The van der Waals surface area contributed by atoms with Crippen LogP contribution in [-0.4, -0.2) is 64.7 Å². The minimum Gasteiger partial charge on any atom is -0.379 e. The fourth-order valence-electron chi connectivity index (χ4n) is 1.51. The summed E-state index contributed by atoms with van der Waals surface area (Å²) in [5.74, 6) is 0. The molecule has 0 aromatic rings. The van der Waals surface area contributed by atoms with Gasteiger partial charge in [0.2, 0.25) is 6.41 Å². The predicted octanol–water partition coefficient (Wildman–Crippen LogP) is 0.951. The molecule has 0 aromatic carbocycles. The van der Waals surface area contributed by atoms with Gasteiger partial charge in [0.15, 0.2) is 0 Å². The fraction of sp³-hybridized carbons (Fsp3) is 0.933. The second kappa shape index (κ2) is 14.3. The van der Waals surface area contributed by atoms with Gasteiger partial charge in [0.1, 0.15) is 0 Å². The summed E-state index contributed by atoms with van der Waals surface area (Å²) in [6.07, 6.45) is 2.53. The van der Waals surface area contributed by atoms with Crippen LogP contribution < -0.4 is 10.6 Å². The average molecular weight is 304 g/mol. The van der Waals surface area contributed by atoms with Gasteiger partial charge in [-0.2, -0.15) is 0 Å². The largest absolute Gasteiger partial charge is 0.379 e. The van der Waals surface area contributed by atoms with E-state index >= 15 is 0 Å². The molecule has 6 nitrogen and oxygen atoms in total. The Morgan fingerprint density at radius 3 is 1.76 bits per heavy atom. The highest BCUT2D eigenvalue weighted by molar-refractivity contribution is 5.45. The first-order chi connectivity index (χ1) is 10.1. The molecule has 126 valence electrons. The molecule has 0 radical (unpaired) electrons. The number of hydrogen-bond donors (Lipinski definition) is 2. The van der Waals surface area contributed by atoms with Gasteiger partial charge >= 0.3 is 0 Å². The summed E-state index contributed by atoms with van der Waals surface area (Å²) in [6, 6.07) is 0. The van der Waals surface area contributed by atoms with Crippen molar-refractivity contribution in [1.29, 1.82) is 0 Å². The molecule has 0 aromatic heterocycles. The number of carbonyl (C=O) groups excluding carboxylic acids is 1. The maximum atomic E-state index is 9.98. The normalized spacial score (nSPS) is 11.6. The highest BCUT2D eigenvalue weighted by Gasteiger charge is 2.06. The van der Waals surface area contributed by atoms with Gasteiger partial charge in [0, 0.05) is 25.3 Å². The number of ether oxygens (including phenoxy) is 3. The Labute approximate surface area is 128 Å². The zero-order valence-electron chi connectivity index (χ0n) is 13.8. The molecule has 0 aliphatic carbocycles. The molecule has 0 bridgehead atoms. The zero-order valence-corrected chi connectivity index (χ0v) is 13.8. The van der Waals surface area contributed by atoms with E-state index in [0.29, 0.717) is 46.0 Å². The van der Waals surface area contributed by atoms with Gasteiger partial charge in [-0.3, -0.25) is 4.79 Å². The molecule has 0 spiro atoms. The Hall–Kier alpha value is -0.690. The highest BCUT2D eigenvalue weighted by Crippen LogP contribution is 1.97. The van der Waals surface area contributed by atoms with Crippen LogP contribution in [-0.2, 0) is 19.0 Å². The van der Waals surface area contributed by atoms with E-state index in [2.05, 4.69) is 31.4 Å². The lowest BCUT2D eigenvalue weighted by Gasteiger charge is -2.20. The van der Waals surface area contributed by atoms with E-state index in [4.69, 9.17) is 14.2 Å². The minimum atomic E-state index is 0.173. The fourth-order valence-corrected chi connectivity index (χ4v) is 1.51. The van der Waals surface area contributed by atoms with Crippen LogP contribution in [0.5, 0.6) is 0 Å². The third-order valence-electron chi connectivity index (χ3n) is 2.56. The van der Waals surface area contributed by atoms with E-state index in [-0.39, 0.29) is 5.54 Å². The first kappa shape index (κ1) is 20.3. The van der Waals surface area contributed by atoms with E-state index in [1.807, 2.05) is 0 Å². The van der Waals surface area contributed by atoms with Crippen LogP contribution in [0.1, 0.15) is 33.6 Å². The molecule has 6 heteroatoms. The molecular weight excluding hydrogens is 272 g/mol. The van der Waals surface area contributed by atoms with E-state index in [1.54, 1.807) is 0 Å². The average Bonchev–Trinajstić information content (AvgIpc) is 2.42. The summed E-state index contributed by atoms with van der Waals surface area (Å²) in [7, 11) is 0. The van der Waals surface area contributed by atoms with Crippen molar-refractivity contribution in [3.63, 3.8) is 0 Å². The van der Waals surface area contributed by atoms with Crippen LogP contribution in [0.25, 0.3) is 0 Å². The van der Waals surface area contributed by atoms with E-state index in [0.717, 1.165) is 26.0 Å². The van der Waals surface area contributed by atoms with Crippen molar-refractivity contribution >= 4 is 6.41 Å². The molecule has 0 rings (SSSR count). The van der Waals surface area contributed by atoms with Gasteiger partial charge in [0.05, 0.1) is 26.4 Å². The van der Waals surface area contributed by atoms with Gasteiger partial charge in [-0.25, -0.2) is 0 Å². The molecule has 0 aliphatic rings. The molecule has 0 heterocycles. The Morgan fingerprint density at radius 2 is 1.29 bits per heavy atom. The third kappa shape index (κ3) is 19.3. The van der Waals surface area contributed by atoms with Crippen molar-refractivity contribution in [3.8, 4) is 0 Å². The molecule has 0 aliphatic heterocycles. The predicted molar refractivity (Wildman–Crippen MR) is 83.5 cm³/mol. The maximum Gasteiger partial charge on any atom is 0.207 e. The van der Waals surface area contributed by atoms with Crippen molar-refractivity contribution in [1.82, 2.24) is 10.6 Å². The van der Waals surface area contributed by atoms with Gasteiger partial charge in [0.25, 0.3) is 0 Å². The summed E-state index contributed by atoms with van der Waals surface area (Å²) in [6.45, 7) is 11.9. The smallest absolute Gasteiger partial charge is 0.207 e. The van der Waals surface area contributed by atoms with Crippen LogP contribution in [0.3, 0.4) is 0 Å². The maximum absolute atomic E-state index is 9.98. The molecule has 0 saturated carbocycles. The first-order valence-electron chi connectivity index (χ1n) is 7.71. The minimum absolute atomic E-state index is 0.173. The molecular formula is C15H32N2O4. The Bertz CT molecular complexity index is 232. The number of hydrogen-bond acceptors (Lipinski definition) is 5. The van der Waals surface area contributed by atoms with Crippen molar-refractivity contribution in [2.45, 2.75) is 39.2 Å². The lowest BCUT2D eigenvalue weighted by atomic mass is 10.1. The number of carbonyl (C=O) groups is 1. The summed E-state index contributed by atoms with van der Waals surface area (Å²) in [5, 5.41) is 6.00. The Morgan fingerprint density at radius 1 is 0.810 bits per heavy atom. The van der Waals surface area contributed by atoms with Crippen molar-refractivity contribution in [2.24, 2.45) is 0 Å². The lowest BCUT2D eigenvalue weighted by molar-refractivity contribution is -0.109. The van der Waals surface area contributed by atoms with E-state index < -0.39 is 0 Å². The second-order valence-electron chi connectivity index (χ2n) is 5.79. The summed E-state index contributed by atoms with van der Waals surface area (Å²) in [5.41, 5.74) is 0.173. The van der Waals surface area contributed by atoms with Crippen LogP contribution in [0.2, 0.25) is 0 Å². The first-order valence-corrected chi connectivity index (χ1v) is 7.71. The quantitative estimate of drug-likeness (QED) is 0.348. The Kier molecular flexibility index (Phi) is 13.8. The van der Waals surface area contributed by atoms with Gasteiger partial charge < -0.3 is 24.8 Å². The van der Waals surface area contributed by atoms with E-state index in [9.17, 15) is 4.79 Å². The van der Waals surface area contributed by atoms with Crippen LogP contribution in [0.4, 0.5) is 0 Å². The third-order valence-corrected chi connectivity index (χ3v) is 2.56. The lowest BCUT2D eigenvalue weighted by Crippen LogP contribution is -2.36. The van der Waals surface area contributed by atoms with Crippen molar-refractivity contribution in [2.75, 3.05) is 52.7 Å². The second-order valence-corrected chi connectivity index (χ2v) is 5.79. The monoisotopic (exact) mass is 304 g/mol. The molecule has 0 atom stereocenters. The molecule has 0 unspecified atom stereocenters. The van der Waals surface area contributed by atoms with Crippen LogP contribution in [0.15, 0.2) is 0 Å². The molecule has 0 saturated heterocycles. The van der Waals surface area contributed by atoms with Crippen molar-refractivity contribution < 1.29 is 19.0 Å². The molecule has 1 amide bonds. The van der Waals surface area contributed by atoms with Crippen molar-refractivity contribution in [3.05, 3.63) is 0 Å². The molecule has 0 fully saturated rings.